The Morgan fingerprint density at radius 2 is 0.730 bits per heavy atom. The smallest absolute Gasteiger partial charge is 0.335 e. The lowest BCUT2D eigenvalue weighted by molar-refractivity contribution is 0.0686. The molecular weight excluding hydrogens is 910 g/mol. The standard InChI is InChI=1S/C64H44B2N4O4/c1-63(2,3)33-21-23-45-39(29-33)51-55-60-52(56-59(51)69(45)49-27-31(61(71)72)25-47-53(49)66(56)42-18-12-16-38-36-14-8-9-19-43(36)67(47)58(38)42)40-30-34(64(4,5)6)22-24-46(40)70(60)50-28-32(62(73)74)26-48-54(50)65(55)41-17-11-15-37-35-13-7-10-20-44(35)68(48)57(37)41/h7-30H,1-6H3,(H,71,72)(H,73,74). The van der Waals surface area contributed by atoms with Crippen LogP contribution in [0.15, 0.2) is 146 Å². The van der Waals surface area contributed by atoms with E-state index in [1.165, 1.54) is 33.0 Å². The van der Waals surface area contributed by atoms with Crippen LogP contribution in [0.2, 0.25) is 0 Å². The minimum atomic E-state index is -0.973. The van der Waals surface area contributed by atoms with Crippen molar-refractivity contribution in [1.29, 1.82) is 0 Å². The van der Waals surface area contributed by atoms with Gasteiger partial charge in [-0.15, -0.1) is 0 Å². The molecule has 0 bridgehead atoms. The average molecular weight is 955 g/mol. The van der Waals surface area contributed by atoms with Crippen LogP contribution in [-0.4, -0.2) is 53.8 Å². The molecule has 0 aliphatic carbocycles. The van der Waals surface area contributed by atoms with Gasteiger partial charge in [0.2, 0.25) is 0 Å². The Balaban J connectivity index is 1.19. The van der Waals surface area contributed by atoms with E-state index < -0.39 is 11.9 Å². The molecule has 4 aliphatic rings. The van der Waals surface area contributed by atoms with Crippen molar-refractivity contribution in [3.05, 3.63) is 168 Å². The number of fused-ring (bicyclic) bond motifs is 22. The third kappa shape index (κ3) is 4.58. The molecule has 8 nitrogen and oxygen atoms in total. The summed E-state index contributed by atoms with van der Waals surface area (Å²) >= 11 is 0. The average Bonchev–Trinajstić information content (AvgIpc) is 4.19. The molecule has 4 aliphatic heterocycles. The van der Waals surface area contributed by atoms with Gasteiger partial charge in [0, 0.05) is 87.9 Å². The van der Waals surface area contributed by atoms with Gasteiger partial charge in [-0.2, -0.15) is 0 Å². The second-order valence-electron chi connectivity index (χ2n) is 23.4. The molecule has 17 rings (SSSR count). The van der Waals surface area contributed by atoms with E-state index in [1.54, 1.807) is 0 Å². The Bertz CT molecular complexity index is 4640. The van der Waals surface area contributed by atoms with Gasteiger partial charge in [-0.3, -0.25) is 0 Å². The highest BCUT2D eigenvalue weighted by molar-refractivity contribution is 7.05. The zero-order valence-electron chi connectivity index (χ0n) is 41.5. The van der Waals surface area contributed by atoms with Crippen LogP contribution >= 0.6 is 0 Å². The highest BCUT2D eigenvalue weighted by Crippen LogP contribution is 2.47. The van der Waals surface area contributed by atoms with Crippen molar-refractivity contribution in [2.75, 3.05) is 0 Å². The van der Waals surface area contributed by atoms with Gasteiger partial charge in [-0.1, -0.05) is 126 Å². The van der Waals surface area contributed by atoms with Gasteiger partial charge in [0.1, 0.15) is 0 Å². The minimum absolute atomic E-state index is 0.192. The summed E-state index contributed by atoms with van der Waals surface area (Å²) in [5.74, 6) is -1.95. The predicted octanol–water partition coefficient (Wildman–Crippen LogP) is 10.4. The molecule has 4 aromatic heterocycles. The monoisotopic (exact) mass is 954 g/mol. The van der Waals surface area contributed by atoms with E-state index in [2.05, 4.69) is 181 Å². The van der Waals surface area contributed by atoms with Crippen LogP contribution in [0.3, 0.4) is 0 Å². The lowest BCUT2D eigenvalue weighted by Gasteiger charge is -2.37. The SMILES string of the molecule is CC(C)(C)c1ccc2c(c1)c1c3c4c(c5c1n2-c1cc(C(=O)O)cc2c1B5c1cccc5c6ccccc6n-2c15)c1cc(C(C)(C)C)ccc1n4-c1cc(C(=O)O)cc2c1B3c1cccc3c4ccccc4n-2c13. The number of carboxylic acids is 2. The van der Waals surface area contributed by atoms with Gasteiger partial charge >= 0.3 is 11.9 Å². The Kier molecular flexibility index (Phi) is 7.10. The summed E-state index contributed by atoms with van der Waals surface area (Å²) in [5, 5.41) is 31.3. The maximum absolute atomic E-state index is 13.6. The molecule has 2 N–H and O–H groups in total. The molecule has 9 aromatic carbocycles. The molecule has 74 heavy (non-hydrogen) atoms. The van der Waals surface area contributed by atoms with Gasteiger partial charge in [-0.25, -0.2) is 9.59 Å². The lowest BCUT2D eigenvalue weighted by Crippen LogP contribution is -2.62. The summed E-state index contributed by atoms with van der Waals surface area (Å²) < 4.78 is 9.52. The number of hydrogen-bond donors (Lipinski definition) is 2. The molecule has 0 atom stereocenters. The molecule has 0 saturated heterocycles. The Hall–Kier alpha value is -8.75. The fourth-order valence-electron chi connectivity index (χ4n) is 14.7. The van der Waals surface area contributed by atoms with Crippen molar-refractivity contribution in [2.24, 2.45) is 0 Å². The Labute approximate surface area is 424 Å². The number of carboxylic acid groups (broad SMARTS) is 2. The van der Waals surface area contributed by atoms with Crippen molar-refractivity contribution in [3.8, 4) is 22.7 Å². The highest BCUT2D eigenvalue weighted by atomic mass is 16.4. The molecule has 10 heteroatoms. The van der Waals surface area contributed by atoms with Crippen LogP contribution in [0.1, 0.15) is 73.4 Å². The molecule has 0 saturated carbocycles. The van der Waals surface area contributed by atoms with Gasteiger partial charge < -0.3 is 28.5 Å². The molecular formula is C64H44B2N4O4. The fraction of sp³-hybridized carbons (Fsp3) is 0.125. The van der Waals surface area contributed by atoms with Gasteiger partial charge in [0.05, 0.1) is 33.2 Å². The quantitative estimate of drug-likeness (QED) is 0.169. The van der Waals surface area contributed by atoms with E-state index in [4.69, 9.17) is 0 Å². The predicted molar refractivity (Wildman–Crippen MR) is 304 cm³/mol. The highest BCUT2D eigenvalue weighted by Gasteiger charge is 2.49. The largest absolute Gasteiger partial charge is 0.478 e. The van der Waals surface area contributed by atoms with E-state index >= 15 is 0 Å². The van der Waals surface area contributed by atoms with Crippen LogP contribution in [0.25, 0.3) is 110 Å². The number of nitrogens with zero attached hydrogens (tertiary/aromatic N) is 4. The van der Waals surface area contributed by atoms with E-state index in [0.29, 0.717) is 0 Å². The number of para-hydroxylation sites is 4. The first-order valence-corrected chi connectivity index (χ1v) is 25.7. The fourth-order valence-corrected chi connectivity index (χ4v) is 14.7. The molecule has 0 amide bonds. The van der Waals surface area contributed by atoms with Gasteiger partial charge in [0.15, 0.2) is 0 Å². The summed E-state index contributed by atoms with van der Waals surface area (Å²) in [4.78, 5) is 27.3. The van der Waals surface area contributed by atoms with Crippen molar-refractivity contribution in [3.63, 3.8) is 0 Å². The molecule has 0 unspecified atom stereocenters. The first-order valence-electron chi connectivity index (χ1n) is 25.7. The molecule has 8 heterocycles. The van der Waals surface area contributed by atoms with E-state index in [-0.39, 0.29) is 35.4 Å². The van der Waals surface area contributed by atoms with Crippen LogP contribution in [0, 0.1) is 0 Å². The maximum atomic E-state index is 13.6. The number of carbonyl (C=O) groups is 2. The summed E-state index contributed by atoms with van der Waals surface area (Å²) in [7, 11) is 0. The summed E-state index contributed by atoms with van der Waals surface area (Å²) in [5.41, 5.74) is 21.3. The molecule has 0 spiro atoms. The summed E-state index contributed by atoms with van der Waals surface area (Å²) in [6.45, 7) is 13.0. The molecule has 350 valence electrons. The van der Waals surface area contributed by atoms with Crippen molar-refractivity contribution < 1.29 is 19.8 Å². The van der Waals surface area contributed by atoms with Crippen molar-refractivity contribution in [1.82, 2.24) is 18.3 Å². The van der Waals surface area contributed by atoms with Crippen LogP contribution in [-0.2, 0) is 10.8 Å². The first-order chi connectivity index (χ1) is 35.7. The molecule has 0 fully saturated rings. The number of aromatic carboxylic acids is 2. The third-order valence-electron chi connectivity index (χ3n) is 17.7. The Morgan fingerprint density at radius 1 is 0.378 bits per heavy atom. The van der Waals surface area contributed by atoms with Crippen LogP contribution < -0.4 is 32.8 Å². The number of hydrogen-bond acceptors (Lipinski definition) is 2. The second kappa shape index (κ2) is 12.9. The van der Waals surface area contributed by atoms with Gasteiger partial charge in [0.25, 0.3) is 13.4 Å². The van der Waals surface area contributed by atoms with Crippen LogP contribution in [0.5, 0.6) is 0 Å². The maximum Gasteiger partial charge on any atom is 0.335 e. The Morgan fingerprint density at radius 3 is 1.11 bits per heavy atom. The van der Waals surface area contributed by atoms with E-state index in [1.807, 2.05) is 24.3 Å². The number of rotatable bonds is 2. The first kappa shape index (κ1) is 40.8. The number of benzene rings is 9. The van der Waals surface area contributed by atoms with E-state index in [0.717, 1.165) is 121 Å². The van der Waals surface area contributed by atoms with Crippen molar-refractivity contribution in [2.45, 2.75) is 52.4 Å². The van der Waals surface area contributed by atoms with Crippen molar-refractivity contribution >= 4 is 145 Å². The summed E-state index contributed by atoms with van der Waals surface area (Å²) in [6, 6.07) is 52.0. The lowest BCUT2D eigenvalue weighted by atomic mass is 9.31. The molecule has 13 aromatic rings. The topological polar surface area (TPSA) is 94.3 Å². The third-order valence-corrected chi connectivity index (χ3v) is 17.7. The van der Waals surface area contributed by atoms with Crippen LogP contribution in [0.4, 0.5) is 0 Å². The number of aromatic nitrogens is 4. The van der Waals surface area contributed by atoms with E-state index in [9.17, 15) is 19.8 Å². The van der Waals surface area contributed by atoms with Gasteiger partial charge in [-0.05, 0) is 115 Å². The molecule has 0 radical (unpaired) electrons. The normalized spacial score (nSPS) is 14.0. The zero-order valence-corrected chi connectivity index (χ0v) is 41.5. The zero-order chi connectivity index (χ0) is 49.9. The second-order valence-corrected chi connectivity index (χ2v) is 23.4. The summed E-state index contributed by atoms with van der Waals surface area (Å²) in [6.07, 6.45) is 0. The minimum Gasteiger partial charge on any atom is -0.478 e.